The predicted octanol–water partition coefficient (Wildman–Crippen LogP) is 6.11. The number of carbonyl (C=O) groups is 1. The number of nitriles is 1. The summed E-state index contributed by atoms with van der Waals surface area (Å²) >= 11 is 1.34. The predicted molar refractivity (Wildman–Crippen MR) is 135 cm³/mol. The Morgan fingerprint density at radius 1 is 1.15 bits per heavy atom. The van der Waals surface area contributed by atoms with E-state index >= 15 is 0 Å². The van der Waals surface area contributed by atoms with Gasteiger partial charge in [0.15, 0.2) is 11.9 Å². The lowest BCUT2D eigenvalue weighted by Gasteiger charge is -2.18. The number of hydrogen-bond acceptors (Lipinski definition) is 6. The first-order valence-electron chi connectivity index (χ1n) is 10.9. The molecule has 172 valence electrons. The number of carbonyl (C=O) groups excluding carboxylic acids is 1. The molecule has 4 aromatic rings. The lowest BCUT2D eigenvalue weighted by atomic mass is 10.1. The molecule has 2 aromatic carbocycles. The highest BCUT2D eigenvalue weighted by atomic mass is 32.1. The summed E-state index contributed by atoms with van der Waals surface area (Å²) in [4.78, 5) is 27.5. The Balaban J connectivity index is 1.75. The van der Waals surface area contributed by atoms with Crippen molar-refractivity contribution >= 4 is 33.2 Å². The van der Waals surface area contributed by atoms with Crippen molar-refractivity contribution in [3.63, 3.8) is 0 Å². The van der Waals surface area contributed by atoms with E-state index in [0.717, 1.165) is 16.0 Å². The average Bonchev–Trinajstić information content (AvgIpc) is 3.10. The quantitative estimate of drug-likeness (QED) is 0.365. The summed E-state index contributed by atoms with van der Waals surface area (Å²) in [5, 5.41) is 13.2. The number of thiophene rings is 1. The Kier molecular flexibility index (Phi) is 6.53. The van der Waals surface area contributed by atoms with Crippen molar-refractivity contribution in [2.24, 2.45) is 0 Å². The van der Waals surface area contributed by atoms with Crippen molar-refractivity contribution < 1.29 is 13.9 Å². The number of hydrogen-bond donors (Lipinski definition) is 1. The number of benzene rings is 2. The van der Waals surface area contributed by atoms with Crippen LogP contribution in [0, 0.1) is 32.1 Å². The van der Waals surface area contributed by atoms with Gasteiger partial charge in [0.25, 0.3) is 5.91 Å². The van der Waals surface area contributed by atoms with Crippen molar-refractivity contribution in [1.82, 2.24) is 0 Å². The van der Waals surface area contributed by atoms with E-state index in [-0.39, 0.29) is 16.9 Å². The van der Waals surface area contributed by atoms with Crippen LogP contribution in [0.3, 0.4) is 0 Å². The van der Waals surface area contributed by atoms with Crippen LogP contribution in [0.1, 0.15) is 34.9 Å². The Bertz CT molecular complexity index is 1480. The zero-order valence-electron chi connectivity index (χ0n) is 19.4. The number of ether oxygens (including phenoxy) is 1. The van der Waals surface area contributed by atoms with Gasteiger partial charge in [0, 0.05) is 10.4 Å². The monoisotopic (exact) mass is 472 g/mol. The van der Waals surface area contributed by atoms with E-state index in [1.165, 1.54) is 11.3 Å². The molecule has 1 atom stereocenters. The van der Waals surface area contributed by atoms with Gasteiger partial charge in [-0.1, -0.05) is 48.9 Å². The smallest absolute Gasteiger partial charge is 0.266 e. The molecule has 2 heterocycles. The largest absolute Gasteiger partial charge is 0.473 e. The maximum atomic E-state index is 13.4. The highest BCUT2D eigenvalue weighted by Gasteiger charge is 2.26. The van der Waals surface area contributed by atoms with Crippen LogP contribution in [-0.2, 0) is 4.79 Å². The molecule has 1 N–H and O–H groups in total. The van der Waals surface area contributed by atoms with Gasteiger partial charge in [-0.05, 0) is 44.9 Å². The summed E-state index contributed by atoms with van der Waals surface area (Å²) in [6, 6.07) is 16.6. The van der Waals surface area contributed by atoms with Gasteiger partial charge in [0.2, 0.25) is 11.2 Å². The number of fused-ring (bicyclic) bond motifs is 1. The van der Waals surface area contributed by atoms with Gasteiger partial charge in [-0.15, -0.1) is 11.3 Å². The Labute approximate surface area is 201 Å². The number of nitrogens with one attached hydrogen (secondary N) is 1. The van der Waals surface area contributed by atoms with Crippen LogP contribution in [0.25, 0.3) is 22.3 Å². The second-order valence-corrected chi connectivity index (χ2v) is 9.28. The van der Waals surface area contributed by atoms with Crippen molar-refractivity contribution in [1.29, 1.82) is 5.26 Å². The molecule has 0 aliphatic heterocycles. The summed E-state index contributed by atoms with van der Waals surface area (Å²) in [5.74, 6) is -0.165. The van der Waals surface area contributed by atoms with E-state index < -0.39 is 12.0 Å². The van der Waals surface area contributed by atoms with Gasteiger partial charge in [-0.25, -0.2) is 0 Å². The van der Waals surface area contributed by atoms with Gasteiger partial charge < -0.3 is 14.5 Å². The van der Waals surface area contributed by atoms with Crippen LogP contribution in [0.5, 0.6) is 5.75 Å². The number of anilines is 1. The molecule has 0 saturated carbocycles. The summed E-state index contributed by atoms with van der Waals surface area (Å²) in [5.41, 5.74) is 3.12. The molecule has 0 saturated heterocycles. The summed E-state index contributed by atoms with van der Waals surface area (Å²) in [7, 11) is 0. The minimum atomic E-state index is -0.956. The van der Waals surface area contributed by atoms with E-state index in [1.807, 2.05) is 45.0 Å². The molecule has 34 heavy (non-hydrogen) atoms. The third-order valence-corrected chi connectivity index (χ3v) is 6.85. The normalized spacial score (nSPS) is 11.7. The first-order chi connectivity index (χ1) is 16.3. The number of rotatable bonds is 6. The molecule has 2 aromatic heterocycles. The van der Waals surface area contributed by atoms with Crippen molar-refractivity contribution in [3.8, 4) is 23.1 Å². The van der Waals surface area contributed by atoms with E-state index in [9.17, 15) is 14.9 Å². The van der Waals surface area contributed by atoms with E-state index in [0.29, 0.717) is 33.5 Å². The minimum Gasteiger partial charge on any atom is -0.473 e. The third kappa shape index (κ3) is 4.33. The summed E-state index contributed by atoms with van der Waals surface area (Å²) in [6.45, 7) is 7.52. The average molecular weight is 473 g/mol. The van der Waals surface area contributed by atoms with Crippen LogP contribution in [0.2, 0.25) is 0 Å². The van der Waals surface area contributed by atoms with Crippen LogP contribution in [0.15, 0.2) is 57.7 Å². The first-order valence-corrected chi connectivity index (χ1v) is 11.8. The Morgan fingerprint density at radius 2 is 1.85 bits per heavy atom. The lowest BCUT2D eigenvalue weighted by molar-refractivity contribution is -0.122. The maximum Gasteiger partial charge on any atom is 0.266 e. The molecule has 7 heteroatoms. The highest BCUT2D eigenvalue weighted by molar-refractivity contribution is 7.16. The Morgan fingerprint density at radius 3 is 2.53 bits per heavy atom. The highest BCUT2D eigenvalue weighted by Crippen LogP contribution is 2.34. The number of amides is 1. The van der Waals surface area contributed by atoms with Gasteiger partial charge in [-0.3, -0.25) is 9.59 Å². The molecule has 0 aliphatic rings. The van der Waals surface area contributed by atoms with E-state index in [2.05, 4.69) is 11.4 Å². The Hall–Kier alpha value is -3.89. The van der Waals surface area contributed by atoms with Crippen molar-refractivity contribution in [2.75, 3.05) is 5.32 Å². The molecule has 4 rings (SSSR count). The van der Waals surface area contributed by atoms with E-state index in [1.54, 1.807) is 31.2 Å². The molecule has 0 aliphatic carbocycles. The molecular formula is C27H24N2O4S. The van der Waals surface area contributed by atoms with Crippen LogP contribution >= 0.6 is 11.3 Å². The van der Waals surface area contributed by atoms with Crippen molar-refractivity contribution in [2.45, 2.75) is 40.2 Å². The van der Waals surface area contributed by atoms with Crippen molar-refractivity contribution in [3.05, 3.63) is 80.3 Å². The molecule has 1 unspecified atom stereocenters. The second kappa shape index (κ2) is 9.54. The topological polar surface area (TPSA) is 92.3 Å². The third-order valence-electron chi connectivity index (χ3n) is 5.73. The number of para-hydroxylation sites is 1. The fourth-order valence-corrected chi connectivity index (χ4v) is 4.65. The van der Waals surface area contributed by atoms with Gasteiger partial charge in [0.1, 0.15) is 16.7 Å². The van der Waals surface area contributed by atoms with Crippen LogP contribution in [-0.4, -0.2) is 12.0 Å². The molecular weight excluding hydrogens is 448 g/mol. The summed E-state index contributed by atoms with van der Waals surface area (Å²) < 4.78 is 12.2. The van der Waals surface area contributed by atoms with Crippen LogP contribution < -0.4 is 15.5 Å². The zero-order valence-corrected chi connectivity index (χ0v) is 20.2. The molecule has 0 bridgehead atoms. The van der Waals surface area contributed by atoms with Crippen LogP contribution in [0.4, 0.5) is 5.00 Å². The molecule has 0 radical (unpaired) electrons. The number of aryl methyl sites for hydroxylation is 2. The molecule has 0 fully saturated rings. The molecule has 6 nitrogen and oxygen atoms in total. The molecule has 1 amide bonds. The second-order valence-electron chi connectivity index (χ2n) is 8.05. The number of nitrogens with zero attached hydrogens (tertiary/aromatic N) is 1. The molecule has 0 spiro atoms. The first kappa shape index (κ1) is 23.3. The van der Waals surface area contributed by atoms with E-state index in [4.69, 9.17) is 9.15 Å². The SMILES string of the molecule is CCC(Oc1c(-c2ccc(C)cc2)oc2ccccc2c1=O)C(=O)Nc1sc(C)c(C)c1C#N. The van der Waals surface area contributed by atoms with Gasteiger partial charge in [-0.2, -0.15) is 5.26 Å². The fourth-order valence-electron chi connectivity index (χ4n) is 3.63. The van der Waals surface area contributed by atoms with Gasteiger partial charge >= 0.3 is 0 Å². The minimum absolute atomic E-state index is 0.0106. The summed E-state index contributed by atoms with van der Waals surface area (Å²) in [6.07, 6.45) is -0.640. The lowest BCUT2D eigenvalue weighted by Crippen LogP contribution is -2.34. The standard InChI is InChI=1S/C27H24N2O4S/c1-5-21(26(31)29-27-20(14-28)16(3)17(4)34-27)32-25-23(30)19-8-6-7-9-22(19)33-24(25)18-12-10-15(2)11-13-18/h6-13,21H,5H2,1-4H3,(H,29,31). The maximum absolute atomic E-state index is 13.4. The zero-order chi connectivity index (χ0) is 24.4. The van der Waals surface area contributed by atoms with Gasteiger partial charge in [0.05, 0.1) is 10.9 Å². The fraction of sp³-hybridized carbons (Fsp3) is 0.222.